The van der Waals surface area contributed by atoms with Crippen molar-refractivity contribution in [3.05, 3.63) is 23.3 Å². The first-order valence-corrected chi connectivity index (χ1v) is 3.85. The third kappa shape index (κ3) is 1.63. The highest BCUT2D eigenvalue weighted by Crippen LogP contribution is 2.33. The van der Waals surface area contributed by atoms with Crippen molar-refractivity contribution in [1.29, 1.82) is 0 Å². The fourth-order valence-electron chi connectivity index (χ4n) is 1.22. The fraction of sp³-hybridized carbons (Fsp3) is 0.333. The molecule has 0 aliphatic rings. The molecular formula is C9H10F2O3. The average Bonchev–Trinajstić information content (AvgIpc) is 2.16. The third-order valence-electron chi connectivity index (χ3n) is 1.80. The van der Waals surface area contributed by atoms with Gasteiger partial charge in [-0.05, 0) is 0 Å². The minimum Gasteiger partial charge on any atom is -0.493 e. The van der Waals surface area contributed by atoms with Crippen molar-refractivity contribution in [2.75, 3.05) is 14.2 Å². The molecule has 1 aromatic rings. The molecule has 0 fully saturated rings. The minimum atomic E-state index is -0.866. The summed E-state index contributed by atoms with van der Waals surface area (Å²) >= 11 is 0. The molecule has 0 amide bonds. The fourth-order valence-corrected chi connectivity index (χ4v) is 1.22. The zero-order valence-corrected chi connectivity index (χ0v) is 7.80. The first kappa shape index (κ1) is 10.7. The van der Waals surface area contributed by atoms with Crippen LogP contribution in [0.15, 0.2) is 6.07 Å². The van der Waals surface area contributed by atoms with Gasteiger partial charge in [-0.15, -0.1) is 0 Å². The van der Waals surface area contributed by atoms with Crippen LogP contribution in [0.2, 0.25) is 0 Å². The molecule has 0 atom stereocenters. The van der Waals surface area contributed by atoms with Crippen LogP contribution in [0.4, 0.5) is 8.78 Å². The molecule has 0 bridgehead atoms. The van der Waals surface area contributed by atoms with Gasteiger partial charge in [-0.3, -0.25) is 0 Å². The highest BCUT2D eigenvalue weighted by atomic mass is 19.1. The highest BCUT2D eigenvalue weighted by Gasteiger charge is 2.19. The standard InChI is InChI=1S/C9H10F2O3/c1-13-8-5(4-12)9(14-2)7(11)3-6(8)10/h3,12H,4H2,1-2H3. The SMILES string of the molecule is COc1c(F)cc(F)c(OC)c1CO. The molecular weight excluding hydrogens is 194 g/mol. The Balaban J connectivity index is 3.43. The second kappa shape index (κ2) is 4.23. The molecule has 0 aromatic heterocycles. The van der Waals surface area contributed by atoms with Gasteiger partial charge in [0.15, 0.2) is 23.1 Å². The Morgan fingerprint density at radius 2 is 1.57 bits per heavy atom. The Hall–Kier alpha value is -1.36. The topological polar surface area (TPSA) is 38.7 Å². The van der Waals surface area contributed by atoms with E-state index in [9.17, 15) is 8.78 Å². The Morgan fingerprint density at radius 3 is 1.86 bits per heavy atom. The summed E-state index contributed by atoms with van der Waals surface area (Å²) in [4.78, 5) is 0. The smallest absolute Gasteiger partial charge is 0.168 e. The zero-order chi connectivity index (χ0) is 10.7. The van der Waals surface area contributed by atoms with Crippen molar-refractivity contribution < 1.29 is 23.4 Å². The van der Waals surface area contributed by atoms with Crippen LogP contribution in [0.25, 0.3) is 0 Å². The monoisotopic (exact) mass is 204 g/mol. The van der Waals surface area contributed by atoms with Crippen molar-refractivity contribution in [1.82, 2.24) is 0 Å². The lowest BCUT2D eigenvalue weighted by molar-refractivity contribution is 0.258. The highest BCUT2D eigenvalue weighted by molar-refractivity contribution is 5.46. The van der Waals surface area contributed by atoms with E-state index in [2.05, 4.69) is 9.47 Å². The van der Waals surface area contributed by atoms with Gasteiger partial charge in [0.2, 0.25) is 0 Å². The van der Waals surface area contributed by atoms with Crippen LogP contribution in [-0.2, 0) is 6.61 Å². The lowest BCUT2D eigenvalue weighted by Crippen LogP contribution is -2.02. The molecule has 14 heavy (non-hydrogen) atoms. The minimum absolute atomic E-state index is 0.0347. The predicted molar refractivity (Wildman–Crippen MR) is 45.4 cm³/mol. The number of aliphatic hydroxyl groups is 1. The second-order valence-electron chi connectivity index (χ2n) is 2.54. The quantitative estimate of drug-likeness (QED) is 0.810. The summed E-state index contributed by atoms with van der Waals surface area (Å²) in [5, 5.41) is 8.92. The van der Waals surface area contributed by atoms with E-state index < -0.39 is 18.2 Å². The number of halogens is 2. The first-order chi connectivity index (χ1) is 6.65. The van der Waals surface area contributed by atoms with Gasteiger partial charge in [0.25, 0.3) is 0 Å². The molecule has 0 spiro atoms. The number of benzene rings is 1. The van der Waals surface area contributed by atoms with E-state index in [0.717, 1.165) is 0 Å². The Morgan fingerprint density at radius 1 is 1.14 bits per heavy atom. The van der Waals surface area contributed by atoms with Crippen LogP contribution in [-0.4, -0.2) is 19.3 Å². The average molecular weight is 204 g/mol. The van der Waals surface area contributed by atoms with Gasteiger partial charge in [0.05, 0.1) is 26.4 Å². The van der Waals surface area contributed by atoms with Gasteiger partial charge in [-0.1, -0.05) is 0 Å². The zero-order valence-electron chi connectivity index (χ0n) is 7.80. The van der Waals surface area contributed by atoms with Gasteiger partial charge in [-0.25, -0.2) is 8.78 Å². The second-order valence-corrected chi connectivity index (χ2v) is 2.54. The maximum atomic E-state index is 13.1. The van der Waals surface area contributed by atoms with E-state index in [-0.39, 0.29) is 17.1 Å². The summed E-state index contributed by atoms with van der Waals surface area (Å²) in [5.74, 6) is -2.14. The molecule has 1 rings (SSSR count). The normalized spacial score (nSPS) is 10.1. The van der Waals surface area contributed by atoms with E-state index >= 15 is 0 Å². The van der Waals surface area contributed by atoms with Gasteiger partial charge >= 0.3 is 0 Å². The van der Waals surface area contributed by atoms with E-state index in [1.165, 1.54) is 14.2 Å². The van der Waals surface area contributed by atoms with Crippen LogP contribution in [0.5, 0.6) is 11.5 Å². The van der Waals surface area contributed by atoms with Gasteiger partial charge in [0, 0.05) is 6.07 Å². The summed E-state index contributed by atoms with van der Waals surface area (Å²) in [6.07, 6.45) is 0. The van der Waals surface area contributed by atoms with Crippen LogP contribution in [0.3, 0.4) is 0 Å². The molecule has 3 nitrogen and oxygen atoms in total. The summed E-state index contributed by atoms with van der Waals surface area (Å²) in [5.41, 5.74) is -0.0347. The van der Waals surface area contributed by atoms with Gasteiger partial charge < -0.3 is 14.6 Å². The molecule has 0 saturated heterocycles. The maximum absolute atomic E-state index is 13.1. The van der Waals surface area contributed by atoms with E-state index in [0.29, 0.717) is 6.07 Å². The maximum Gasteiger partial charge on any atom is 0.168 e. The van der Waals surface area contributed by atoms with Crippen LogP contribution >= 0.6 is 0 Å². The van der Waals surface area contributed by atoms with Crippen molar-refractivity contribution in [2.24, 2.45) is 0 Å². The number of rotatable bonds is 3. The van der Waals surface area contributed by atoms with Crippen molar-refractivity contribution in [3.63, 3.8) is 0 Å². The summed E-state index contributed by atoms with van der Waals surface area (Å²) in [6, 6.07) is 0.650. The van der Waals surface area contributed by atoms with Crippen LogP contribution < -0.4 is 9.47 Å². The molecule has 0 saturated carbocycles. The first-order valence-electron chi connectivity index (χ1n) is 3.85. The van der Waals surface area contributed by atoms with Gasteiger partial charge in [-0.2, -0.15) is 0 Å². The molecule has 1 aromatic carbocycles. The summed E-state index contributed by atoms with van der Waals surface area (Å²) in [7, 11) is 2.46. The Labute approximate surface area is 79.9 Å². The lowest BCUT2D eigenvalue weighted by atomic mass is 10.1. The molecule has 0 unspecified atom stereocenters. The molecule has 0 aliphatic carbocycles. The molecule has 0 radical (unpaired) electrons. The number of ether oxygens (including phenoxy) is 2. The Bertz CT molecular complexity index is 311. The molecule has 5 heteroatoms. The van der Waals surface area contributed by atoms with Crippen molar-refractivity contribution in [3.8, 4) is 11.5 Å². The van der Waals surface area contributed by atoms with E-state index in [4.69, 9.17) is 5.11 Å². The number of aliphatic hydroxyl groups excluding tert-OH is 1. The third-order valence-corrected chi connectivity index (χ3v) is 1.80. The molecule has 0 aliphatic heterocycles. The Kier molecular flexibility index (Phi) is 3.24. The molecule has 78 valence electrons. The molecule has 1 N–H and O–H groups in total. The van der Waals surface area contributed by atoms with Crippen molar-refractivity contribution in [2.45, 2.75) is 6.61 Å². The summed E-state index contributed by atoms with van der Waals surface area (Å²) < 4.78 is 35.5. The number of hydrogen-bond acceptors (Lipinski definition) is 3. The van der Waals surface area contributed by atoms with Crippen LogP contribution in [0, 0.1) is 11.6 Å². The van der Waals surface area contributed by atoms with Crippen LogP contribution in [0.1, 0.15) is 5.56 Å². The predicted octanol–water partition coefficient (Wildman–Crippen LogP) is 1.47. The lowest BCUT2D eigenvalue weighted by Gasteiger charge is -2.12. The molecule has 0 heterocycles. The van der Waals surface area contributed by atoms with Gasteiger partial charge in [0.1, 0.15) is 0 Å². The van der Waals surface area contributed by atoms with E-state index in [1.807, 2.05) is 0 Å². The largest absolute Gasteiger partial charge is 0.493 e. The summed E-state index contributed by atoms with van der Waals surface area (Å²) in [6.45, 7) is -0.555. The van der Waals surface area contributed by atoms with E-state index in [1.54, 1.807) is 0 Å². The van der Waals surface area contributed by atoms with Crippen molar-refractivity contribution >= 4 is 0 Å². The number of methoxy groups -OCH3 is 2. The number of hydrogen-bond donors (Lipinski definition) is 1.